The number of aromatic nitrogens is 1. The first-order chi connectivity index (χ1) is 11.4. The second-order valence-electron chi connectivity index (χ2n) is 5.10. The van der Waals surface area contributed by atoms with Crippen LogP contribution in [0.3, 0.4) is 0 Å². The molecule has 0 atom stereocenters. The van der Waals surface area contributed by atoms with Gasteiger partial charge in [0.1, 0.15) is 5.69 Å². The number of esters is 1. The fourth-order valence-corrected chi connectivity index (χ4v) is 2.52. The summed E-state index contributed by atoms with van der Waals surface area (Å²) >= 11 is 3.35. The van der Waals surface area contributed by atoms with Gasteiger partial charge in [-0.25, -0.2) is 10.2 Å². The standard InChI is InChI=1S/C17H18BrN3O3/c1-4-24-17(23)14-10(2)15(20-11(14)3)16(22)21-19-9-12-5-7-13(18)8-6-12/h5-9,20H,4H2,1-3H3,(H,21,22)/b19-9-. The predicted molar refractivity (Wildman–Crippen MR) is 95.4 cm³/mol. The van der Waals surface area contributed by atoms with Gasteiger partial charge in [0.25, 0.3) is 5.91 Å². The fourth-order valence-electron chi connectivity index (χ4n) is 2.26. The Morgan fingerprint density at radius 3 is 2.58 bits per heavy atom. The van der Waals surface area contributed by atoms with Gasteiger partial charge in [0.05, 0.1) is 18.4 Å². The van der Waals surface area contributed by atoms with Gasteiger partial charge in [-0.3, -0.25) is 4.79 Å². The van der Waals surface area contributed by atoms with Gasteiger partial charge >= 0.3 is 5.97 Å². The summed E-state index contributed by atoms with van der Waals surface area (Å²) in [6.07, 6.45) is 1.54. The van der Waals surface area contributed by atoms with E-state index < -0.39 is 11.9 Å². The van der Waals surface area contributed by atoms with E-state index in [0.717, 1.165) is 10.0 Å². The summed E-state index contributed by atoms with van der Waals surface area (Å²) in [6, 6.07) is 7.49. The number of carbonyl (C=O) groups is 2. The number of hydrogen-bond donors (Lipinski definition) is 2. The van der Waals surface area contributed by atoms with Crippen molar-refractivity contribution in [1.82, 2.24) is 10.4 Å². The number of nitrogens with zero attached hydrogens (tertiary/aromatic N) is 1. The molecular formula is C17H18BrN3O3. The molecule has 0 fully saturated rings. The Morgan fingerprint density at radius 2 is 1.96 bits per heavy atom. The molecule has 0 spiro atoms. The van der Waals surface area contributed by atoms with E-state index in [0.29, 0.717) is 22.5 Å². The van der Waals surface area contributed by atoms with Crippen molar-refractivity contribution in [3.63, 3.8) is 0 Å². The van der Waals surface area contributed by atoms with E-state index in [1.54, 1.807) is 27.0 Å². The van der Waals surface area contributed by atoms with Crippen molar-refractivity contribution < 1.29 is 14.3 Å². The molecule has 2 rings (SSSR count). The Hall–Kier alpha value is -2.41. The average molecular weight is 392 g/mol. The van der Waals surface area contributed by atoms with Crippen molar-refractivity contribution in [2.24, 2.45) is 5.10 Å². The molecule has 24 heavy (non-hydrogen) atoms. The molecule has 6 nitrogen and oxygen atoms in total. The molecule has 0 aliphatic rings. The highest BCUT2D eigenvalue weighted by molar-refractivity contribution is 9.10. The minimum atomic E-state index is -0.443. The Kier molecular flexibility index (Phi) is 5.92. The Balaban J connectivity index is 2.11. The molecular weight excluding hydrogens is 374 g/mol. The third-order valence-corrected chi connectivity index (χ3v) is 3.92. The summed E-state index contributed by atoms with van der Waals surface area (Å²) in [4.78, 5) is 27.1. The van der Waals surface area contributed by atoms with Crippen molar-refractivity contribution >= 4 is 34.0 Å². The smallest absolute Gasteiger partial charge is 0.340 e. The van der Waals surface area contributed by atoms with E-state index >= 15 is 0 Å². The number of carbonyl (C=O) groups excluding carboxylic acids is 2. The Labute approximate surface area is 148 Å². The number of hydrogen-bond acceptors (Lipinski definition) is 4. The number of amides is 1. The van der Waals surface area contributed by atoms with Crippen LogP contribution in [0.4, 0.5) is 0 Å². The molecule has 126 valence electrons. The van der Waals surface area contributed by atoms with Gasteiger partial charge in [0, 0.05) is 10.2 Å². The van der Waals surface area contributed by atoms with Crippen LogP contribution in [0, 0.1) is 13.8 Å². The number of rotatable bonds is 5. The summed E-state index contributed by atoms with van der Waals surface area (Å²) in [5.74, 6) is -0.860. The topological polar surface area (TPSA) is 83.5 Å². The van der Waals surface area contributed by atoms with Crippen LogP contribution in [0.2, 0.25) is 0 Å². The monoisotopic (exact) mass is 391 g/mol. The molecule has 0 unspecified atom stereocenters. The number of halogens is 1. The molecule has 1 amide bonds. The van der Waals surface area contributed by atoms with E-state index in [4.69, 9.17) is 4.74 Å². The number of nitrogens with one attached hydrogen (secondary N) is 2. The summed E-state index contributed by atoms with van der Waals surface area (Å²) in [5, 5.41) is 3.93. The molecule has 0 bridgehead atoms. The maximum Gasteiger partial charge on any atom is 0.340 e. The van der Waals surface area contributed by atoms with Crippen molar-refractivity contribution in [3.05, 3.63) is 56.8 Å². The highest BCUT2D eigenvalue weighted by Gasteiger charge is 2.22. The SMILES string of the molecule is CCOC(=O)c1c(C)[nH]c(C(=O)N/N=C\c2ccc(Br)cc2)c1C. The van der Waals surface area contributed by atoms with Crippen LogP contribution < -0.4 is 5.43 Å². The molecule has 1 aromatic carbocycles. The number of hydrazone groups is 1. The van der Waals surface area contributed by atoms with Crippen molar-refractivity contribution in [1.29, 1.82) is 0 Å². The molecule has 2 N–H and O–H groups in total. The highest BCUT2D eigenvalue weighted by Crippen LogP contribution is 2.19. The number of ether oxygens (including phenoxy) is 1. The van der Waals surface area contributed by atoms with Crippen LogP contribution in [0.15, 0.2) is 33.8 Å². The molecule has 0 aliphatic carbocycles. The van der Waals surface area contributed by atoms with Gasteiger partial charge in [0.2, 0.25) is 0 Å². The molecule has 1 heterocycles. The lowest BCUT2D eigenvalue weighted by molar-refractivity contribution is 0.0525. The molecule has 2 aromatic rings. The van der Waals surface area contributed by atoms with Gasteiger partial charge in [-0.2, -0.15) is 5.10 Å². The van der Waals surface area contributed by atoms with Gasteiger partial charge in [-0.1, -0.05) is 28.1 Å². The Bertz CT molecular complexity index is 779. The number of aryl methyl sites for hydroxylation is 1. The van der Waals surface area contributed by atoms with Crippen molar-refractivity contribution in [2.75, 3.05) is 6.61 Å². The quantitative estimate of drug-likeness (QED) is 0.465. The van der Waals surface area contributed by atoms with Crippen molar-refractivity contribution in [2.45, 2.75) is 20.8 Å². The van der Waals surface area contributed by atoms with Crippen LogP contribution in [0.1, 0.15) is 44.6 Å². The van der Waals surface area contributed by atoms with E-state index in [1.165, 1.54) is 0 Å². The second-order valence-corrected chi connectivity index (χ2v) is 6.01. The summed E-state index contributed by atoms with van der Waals surface area (Å²) in [5.41, 5.74) is 5.12. The first kappa shape index (κ1) is 17.9. The lowest BCUT2D eigenvalue weighted by atomic mass is 10.1. The van der Waals surface area contributed by atoms with Crippen LogP contribution >= 0.6 is 15.9 Å². The number of benzene rings is 1. The molecule has 7 heteroatoms. The zero-order valence-corrected chi connectivity index (χ0v) is 15.2. The minimum absolute atomic E-state index is 0.280. The number of H-pyrrole nitrogens is 1. The van der Waals surface area contributed by atoms with Crippen molar-refractivity contribution in [3.8, 4) is 0 Å². The first-order valence-electron chi connectivity index (χ1n) is 7.39. The molecule has 0 saturated carbocycles. The first-order valence-corrected chi connectivity index (χ1v) is 8.18. The lowest BCUT2D eigenvalue weighted by Crippen LogP contribution is -2.19. The Morgan fingerprint density at radius 1 is 1.29 bits per heavy atom. The highest BCUT2D eigenvalue weighted by atomic mass is 79.9. The van der Waals surface area contributed by atoms with Gasteiger partial charge in [0.15, 0.2) is 0 Å². The molecule has 0 aliphatic heterocycles. The van der Waals surface area contributed by atoms with Gasteiger partial charge in [-0.05, 0) is 44.0 Å². The van der Waals surface area contributed by atoms with Gasteiger partial charge < -0.3 is 9.72 Å². The average Bonchev–Trinajstić information content (AvgIpc) is 2.84. The third-order valence-electron chi connectivity index (χ3n) is 3.39. The molecule has 0 radical (unpaired) electrons. The minimum Gasteiger partial charge on any atom is -0.462 e. The van der Waals surface area contributed by atoms with Crippen LogP contribution in [0.5, 0.6) is 0 Å². The van der Waals surface area contributed by atoms with Crippen LogP contribution in [-0.4, -0.2) is 29.7 Å². The van der Waals surface area contributed by atoms with Crippen LogP contribution in [-0.2, 0) is 4.74 Å². The maximum absolute atomic E-state index is 12.2. The van der Waals surface area contributed by atoms with E-state index in [2.05, 4.69) is 31.4 Å². The maximum atomic E-state index is 12.2. The molecule has 0 saturated heterocycles. The van der Waals surface area contributed by atoms with E-state index in [1.807, 2.05) is 24.3 Å². The van der Waals surface area contributed by atoms with Crippen LogP contribution in [0.25, 0.3) is 0 Å². The van der Waals surface area contributed by atoms with Gasteiger partial charge in [-0.15, -0.1) is 0 Å². The zero-order valence-electron chi connectivity index (χ0n) is 13.6. The summed E-state index contributed by atoms with van der Waals surface area (Å²) in [6.45, 7) is 5.44. The fraction of sp³-hybridized carbons (Fsp3) is 0.235. The molecule has 1 aromatic heterocycles. The van der Waals surface area contributed by atoms with E-state index in [9.17, 15) is 9.59 Å². The summed E-state index contributed by atoms with van der Waals surface area (Å²) < 4.78 is 5.97. The second kappa shape index (κ2) is 7.92. The van der Waals surface area contributed by atoms with E-state index in [-0.39, 0.29) is 6.61 Å². The predicted octanol–water partition coefficient (Wildman–Crippen LogP) is 3.33. The summed E-state index contributed by atoms with van der Waals surface area (Å²) in [7, 11) is 0. The zero-order chi connectivity index (χ0) is 17.7. The normalized spacial score (nSPS) is 10.8. The largest absolute Gasteiger partial charge is 0.462 e. The lowest BCUT2D eigenvalue weighted by Gasteiger charge is -2.02. The number of aromatic amines is 1. The third kappa shape index (κ3) is 4.11.